The van der Waals surface area contributed by atoms with E-state index in [4.69, 9.17) is 5.73 Å². The molecule has 98 valence electrons. The third kappa shape index (κ3) is 3.04. The van der Waals surface area contributed by atoms with E-state index < -0.39 is 11.7 Å². The molecule has 6 heteroatoms. The van der Waals surface area contributed by atoms with E-state index in [9.17, 15) is 9.18 Å². The lowest BCUT2D eigenvalue weighted by Gasteiger charge is -2.08. The SMILES string of the molecule is Cc1cc(N)cc(C(=O)NCc2cccnn2)c1F. The summed E-state index contributed by atoms with van der Waals surface area (Å²) in [6, 6.07) is 6.22. The summed E-state index contributed by atoms with van der Waals surface area (Å²) in [4.78, 5) is 11.9. The Labute approximate surface area is 109 Å². The Morgan fingerprint density at radius 1 is 1.47 bits per heavy atom. The molecule has 5 nitrogen and oxygen atoms in total. The van der Waals surface area contributed by atoms with Gasteiger partial charge in [0.1, 0.15) is 5.82 Å². The van der Waals surface area contributed by atoms with Crippen molar-refractivity contribution in [3.63, 3.8) is 0 Å². The Kier molecular flexibility index (Phi) is 3.70. The van der Waals surface area contributed by atoms with Crippen molar-refractivity contribution in [3.8, 4) is 0 Å². The Morgan fingerprint density at radius 3 is 2.95 bits per heavy atom. The molecule has 0 bridgehead atoms. The molecule has 1 aromatic heterocycles. The van der Waals surface area contributed by atoms with Crippen molar-refractivity contribution in [2.45, 2.75) is 13.5 Å². The van der Waals surface area contributed by atoms with Crippen molar-refractivity contribution in [3.05, 3.63) is 53.1 Å². The van der Waals surface area contributed by atoms with Crippen molar-refractivity contribution < 1.29 is 9.18 Å². The molecule has 0 aliphatic rings. The van der Waals surface area contributed by atoms with Crippen LogP contribution in [0.25, 0.3) is 0 Å². The Hall–Kier alpha value is -2.50. The number of nitrogen functional groups attached to an aromatic ring is 1. The quantitative estimate of drug-likeness (QED) is 0.818. The first-order chi connectivity index (χ1) is 9.08. The van der Waals surface area contributed by atoms with Gasteiger partial charge in [-0.1, -0.05) is 0 Å². The van der Waals surface area contributed by atoms with Crippen LogP contribution in [0, 0.1) is 12.7 Å². The summed E-state index contributed by atoms with van der Waals surface area (Å²) >= 11 is 0. The van der Waals surface area contributed by atoms with Gasteiger partial charge in [-0.05, 0) is 36.8 Å². The minimum atomic E-state index is -0.564. The van der Waals surface area contributed by atoms with Gasteiger partial charge in [0.05, 0.1) is 17.8 Å². The molecule has 19 heavy (non-hydrogen) atoms. The van der Waals surface area contributed by atoms with E-state index >= 15 is 0 Å². The molecule has 0 unspecified atom stereocenters. The first-order valence-corrected chi connectivity index (χ1v) is 5.68. The lowest BCUT2D eigenvalue weighted by atomic mass is 10.1. The van der Waals surface area contributed by atoms with Crippen molar-refractivity contribution in [1.82, 2.24) is 15.5 Å². The van der Waals surface area contributed by atoms with Gasteiger partial charge in [0.2, 0.25) is 0 Å². The first-order valence-electron chi connectivity index (χ1n) is 5.68. The topological polar surface area (TPSA) is 80.9 Å². The largest absolute Gasteiger partial charge is 0.399 e. The average Bonchev–Trinajstić information content (AvgIpc) is 2.41. The molecule has 1 aromatic carbocycles. The Balaban J connectivity index is 2.13. The summed E-state index contributed by atoms with van der Waals surface area (Å²) in [5.41, 5.74) is 6.82. The number of hydrogen-bond acceptors (Lipinski definition) is 4. The molecule has 0 saturated carbocycles. The van der Waals surface area contributed by atoms with Gasteiger partial charge in [0.15, 0.2) is 0 Å². The van der Waals surface area contributed by atoms with Gasteiger partial charge in [-0.15, -0.1) is 0 Å². The van der Waals surface area contributed by atoms with E-state index in [1.807, 2.05) is 0 Å². The number of aromatic nitrogens is 2. The number of rotatable bonds is 3. The van der Waals surface area contributed by atoms with Crippen molar-refractivity contribution >= 4 is 11.6 Å². The van der Waals surface area contributed by atoms with E-state index in [1.54, 1.807) is 19.1 Å². The number of nitrogens with one attached hydrogen (secondary N) is 1. The Morgan fingerprint density at radius 2 is 2.26 bits per heavy atom. The number of carbonyl (C=O) groups is 1. The summed E-state index contributed by atoms with van der Waals surface area (Å²) in [6.07, 6.45) is 1.53. The minimum Gasteiger partial charge on any atom is -0.399 e. The Bertz CT molecular complexity index is 601. The maximum absolute atomic E-state index is 13.8. The van der Waals surface area contributed by atoms with Crippen LogP contribution >= 0.6 is 0 Å². The fourth-order valence-electron chi connectivity index (χ4n) is 1.66. The van der Waals surface area contributed by atoms with Crippen LogP contribution in [0.15, 0.2) is 30.5 Å². The number of halogens is 1. The van der Waals surface area contributed by atoms with Gasteiger partial charge in [-0.3, -0.25) is 4.79 Å². The molecule has 0 radical (unpaired) electrons. The zero-order valence-electron chi connectivity index (χ0n) is 10.4. The number of anilines is 1. The smallest absolute Gasteiger partial charge is 0.254 e. The fourth-order valence-corrected chi connectivity index (χ4v) is 1.66. The van der Waals surface area contributed by atoms with E-state index in [2.05, 4.69) is 15.5 Å². The van der Waals surface area contributed by atoms with Crippen LogP contribution in [-0.2, 0) is 6.54 Å². The van der Waals surface area contributed by atoms with Gasteiger partial charge in [-0.2, -0.15) is 10.2 Å². The lowest BCUT2D eigenvalue weighted by Crippen LogP contribution is -2.24. The molecule has 3 N–H and O–H groups in total. The summed E-state index contributed by atoms with van der Waals surface area (Å²) in [6.45, 7) is 1.74. The normalized spacial score (nSPS) is 10.2. The highest BCUT2D eigenvalue weighted by atomic mass is 19.1. The van der Waals surface area contributed by atoms with Crippen LogP contribution in [0.1, 0.15) is 21.6 Å². The van der Waals surface area contributed by atoms with Crippen LogP contribution in [0.3, 0.4) is 0 Å². The summed E-state index contributed by atoms with van der Waals surface area (Å²) in [5, 5.41) is 10.1. The zero-order chi connectivity index (χ0) is 13.8. The van der Waals surface area contributed by atoms with Crippen LogP contribution in [-0.4, -0.2) is 16.1 Å². The molecule has 1 amide bonds. The molecular weight excluding hydrogens is 247 g/mol. The predicted octanol–water partition coefficient (Wildman–Crippen LogP) is 1.44. The van der Waals surface area contributed by atoms with Crippen LogP contribution < -0.4 is 11.1 Å². The number of aryl methyl sites for hydroxylation is 1. The maximum atomic E-state index is 13.8. The summed E-state index contributed by atoms with van der Waals surface area (Å²) in [7, 11) is 0. The van der Waals surface area contributed by atoms with Crippen molar-refractivity contribution in [2.75, 3.05) is 5.73 Å². The highest BCUT2D eigenvalue weighted by molar-refractivity contribution is 5.95. The second-order valence-corrected chi connectivity index (χ2v) is 4.10. The molecule has 0 saturated heterocycles. The molecule has 0 fully saturated rings. The third-order valence-electron chi connectivity index (χ3n) is 2.58. The molecule has 0 atom stereocenters. The third-order valence-corrected chi connectivity index (χ3v) is 2.58. The average molecular weight is 260 g/mol. The van der Waals surface area contributed by atoms with Gasteiger partial charge in [-0.25, -0.2) is 4.39 Å². The summed E-state index contributed by atoms with van der Waals surface area (Å²) in [5.74, 6) is -1.09. The number of hydrogen-bond donors (Lipinski definition) is 2. The molecular formula is C13H13FN4O. The predicted molar refractivity (Wildman–Crippen MR) is 68.8 cm³/mol. The number of nitrogens with two attached hydrogens (primary N) is 1. The zero-order valence-corrected chi connectivity index (χ0v) is 10.4. The first kappa shape index (κ1) is 12.9. The summed E-state index contributed by atoms with van der Waals surface area (Å²) < 4.78 is 13.8. The van der Waals surface area contributed by atoms with E-state index in [-0.39, 0.29) is 12.1 Å². The minimum absolute atomic E-state index is 0.0682. The fraction of sp³-hybridized carbons (Fsp3) is 0.154. The second kappa shape index (κ2) is 5.43. The standard InChI is InChI=1S/C13H13FN4O/c1-8-5-9(15)6-11(12(8)14)13(19)16-7-10-3-2-4-17-18-10/h2-6H,7,15H2,1H3,(H,16,19). The molecule has 0 aliphatic carbocycles. The van der Waals surface area contributed by atoms with Gasteiger partial charge >= 0.3 is 0 Å². The van der Waals surface area contributed by atoms with Crippen molar-refractivity contribution in [2.24, 2.45) is 0 Å². The van der Waals surface area contributed by atoms with E-state index in [0.717, 1.165) is 0 Å². The molecule has 1 heterocycles. The highest BCUT2D eigenvalue weighted by Crippen LogP contribution is 2.17. The number of carbonyl (C=O) groups excluding carboxylic acids is 1. The number of amides is 1. The van der Waals surface area contributed by atoms with Crippen molar-refractivity contribution in [1.29, 1.82) is 0 Å². The monoisotopic (exact) mass is 260 g/mol. The number of benzene rings is 1. The highest BCUT2D eigenvalue weighted by Gasteiger charge is 2.14. The van der Waals surface area contributed by atoms with Crippen LogP contribution in [0.2, 0.25) is 0 Å². The molecule has 2 aromatic rings. The number of nitrogens with zero attached hydrogens (tertiary/aromatic N) is 2. The molecule has 0 spiro atoms. The van der Waals surface area contributed by atoms with E-state index in [1.165, 1.54) is 18.3 Å². The second-order valence-electron chi connectivity index (χ2n) is 4.10. The van der Waals surface area contributed by atoms with Gasteiger partial charge in [0, 0.05) is 11.9 Å². The van der Waals surface area contributed by atoms with Gasteiger partial charge in [0.25, 0.3) is 5.91 Å². The molecule has 0 aliphatic heterocycles. The van der Waals surface area contributed by atoms with E-state index in [0.29, 0.717) is 16.9 Å². The molecule has 2 rings (SSSR count). The maximum Gasteiger partial charge on any atom is 0.254 e. The van der Waals surface area contributed by atoms with Gasteiger partial charge < -0.3 is 11.1 Å². The van der Waals surface area contributed by atoms with Crippen LogP contribution in [0.5, 0.6) is 0 Å². The van der Waals surface area contributed by atoms with Crippen LogP contribution in [0.4, 0.5) is 10.1 Å². The lowest BCUT2D eigenvalue weighted by molar-refractivity contribution is 0.0946.